The average molecular weight is 308 g/mol. The molecule has 2 heterocycles. The standard InChI is InChI=1S/C21H12N2O/c1-2-7-15-13(6-1)18-16(20-21(15)24-11-22-20)10-9-14-12-5-3-4-8-17(12)23-19(14)18/h1-11,23H. The summed E-state index contributed by atoms with van der Waals surface area (Å²) in [5, 5.41) is 7.11. The molecule has 6 rings (SSSR count). The molecule has 0 aliphatic carbocycles. The summed E-state index contributed by atoms with van der Waals surface area (Å²) in [6, 6.07) is 21.2. The average Bonchev–Trinajstić information content (AvgIpc) is 3.26. The quantitative estimate of drug-likeness (QED) is 0.362. The predicted octanol–water partition coefficient (Wildman–Crippen LogP) is 5.77. The molecule has 0 fully saturated rings. The highest BCUT2D eigenvalue weighted by Gasteiger charge is 2.15. The Balaban J connectivity index is 2.03. The summed E-state index contributed by atoms with van der Waals surface area (Å²) in [6.45, 7) is 0. The summed E-state index contributed by atoms with van der Waals surface area (Å²) in [4.78, 5) is 8.09. The maximum absolute atomic E-state index is 5.69. The van der Waals surface area contributed by atoms with E-state index in [1.165, 1.54) is 27.9 Å². The summed E-state index contributed by atoms with van der Waals surface area (Å²) in [5.41, 5.74) is 4.09. The van der Waals surface area contributed by atoms with Gasteiger partial charge >= 0.3 is 0 Å². The van der Waals surface area contributed by atoms with Crippen molar-refractivity contribution in [1.82, 2.24) is 9.97 Å². The third-order valence-corrected chi connectivity index (χ3v) is 4.95. The summed E-state index contributed by atoms with van der Waals surface area (Å²) in [6.07, 6.45) is 1.53. The van der Waals surface area contributed by atoms with Gasteiger partial charge in [-0.15, -0.1) is 0 Å². The van der Waals surface area contributed by atoms with E-state index in [-0.39, 0.29) is 0 Å². The lowest BCUT2D eigenvalue weighted by molar-refractivity contribution is 0.605. The lowest BCUT2D eigenvalue weighted by Crippen LogP contribution is -1.83. The lowest BCUT2D eigenvalue weighted by atomic mass is 9.98. The third-order valence-electron chi connectivity index (χ3n) is 4.95. The van der Waals surface area contributed by atoms with Crippen LogP contribution in [0.2, 0.25) is 0 Å². The fraction of sp³-hybridized carbons (Fsp3) is 0. The zero-order chi connectivity index (χ0) is 15.7. The van der Waals surface area contributed by atoms with Crippen molar-refractivity contribution in [2.24, 2.45) is 0 Å². The van der Waals surface area contributed by atoms with Crippen molar-refractivity contribution in [1.29, 1.82) is 0 Å². The Hall–Kier alpha value is -3.33. The molecule has 0 spiro atoms. The maximum Gasteiger partial charge on any atom is 0.182 e. The van der Waals surface area contributed by atoms with E-state index in [0.29, 0.717) is 0 Å². The Labute approximate surface area is 136 Å². The van der Waals surface area contributed by atoms with Crippen molar-refractivity contribution >= 4 is 54.5 Å². The van der Waals surface area contributed by atoms with Crippen LogP contribution in [0.25, 0.3) is 54.5 Å². The number of H-pyrrole nitrogens is 1. The molecule has 0 aliphatic rings. The van der Waals surface area contributed by atoms with Crippen LogP contribution in [0.15, 0.2) is 71.5 Å². The zero-order valence-corrected chi connectivity index (χ0v) is 12.7. The molecule has 24 heavy (non-hydrogen) atoms. The minimum absolute atomic E-state index is 0.855. The van der Waals surface area contributed by atoms with Crippen molar-refractivity contribution in [2.75, 3.05) is 0 Å². The number of para-hydroxylation sites is 1. The van der Waals surface area contributed by atoms with Gasteiger partial charge in [0, 0.05) is 32.4 Å². The molecule has 0 amide bonds. The van der Waals surface area contributed by atoms with Crippen LogP contribution in [-0.2, 0) is 0 Å². The van der Waals surface area contributed by atoms with Crippen molar-refractivity contribution in [3.05, 3.63) is 67.1 Å². The predicted molar refractivity (Wildman–Crippen MR) is 98.4 cm³/mol. The van der Waals surface area contributed by atoms with Gasteiger partial charge < -0.3 is 9.40 Å². The molecule has 3 nitrogen and oxygen atoms in total. The minimum Gasteiger partial charge on any atom is -0.443 e. The molecule has 2 aromatic heterocycles. The molecule has 0 saturated carbocycles. The van der Waals surface area contributed by atoms with E-state index >= 15 is 0 Å². The van der Waals surface area contributed by atoms with Crippen LogP contribution in [-0.4, -0.2) is 9.97 Å². The Morgan fingerprint density at radius 1 is 0.708 bits per heavy atom. The van der Waals surface area contributed by atoms with Crippen LogP contribution in [0.5, 0.6) is 0 Å². The van der Waals surface area contributed by atoms with Gasteiger partial charge in [0.15, 0.2) is 12.0 Å². The summed E-state index contributed by atoms with van der Waals surface area (Å²) in [5.74, 6) is 0. The highest BCUT2D eigenvalue weighted by atomic mass is 16.3. The van der Waals surface area contributed by atoms with Crippen LogP contribution < -0.4 is 0 Å². The van der Waals surface area contributed by atoms with Crippen molar-refractivity contribution in [3.63, 3.8) is 0 Å². The van der Waals surface area contributed by atoms with Crippen LogP contribution in [0.4, 0.5) is 0 Å². The Bertz CT molecular complexity index is 1410. The summed E-state index contributed by atoms with van der Waals surface area (Å²) < 4.78 is 5.69. The molecule has 6 aromatic rings. The molecule has 1 N–H and O–H groups in total. The van der Waals surface area contributed by atoms with Crippen LogP contribution in [0.3, 0.4) is 0 Å². The van der Waals surface area contributed by atoms with Crippen LogP contribution in [0, 0.1) is 0 Å². The monoisotopic (exact) mass is 308 g/mol. The molecule has 3 heteroatoms. The van der Waals surface area contributed by atoms with E-state index in [0.717, 1.165) is 32.9 Å². The molecule has 0 saturated heterocycles. The van der Waals surface area contributed by atoms with Crippen molar-refractivity contribution in [3.8, 4) is 0 Å². The van der Waals surface area contributed by atoms with Crippen molar-refractivity contribution < 1.29 is 4.42 Å². The van der Waals surface area contributed by atoms with E-state index in [4.69, 9.17) is 4.42 Å². The first-order chi connectivity index (χ1) is 11.9. The number of nitrogens with zero attached hydrogens (tertiary/aromatic N) is 1. The summed E-state index contributed by atoms with van der Waals surface area (Å²) >= 11 is 0. The molecule has 0 bridgehead atoms. The molecule has 0 radical (unpaired) electrons. The SMILES string of the molecule is c1ccc2c(c1)[nH]c1c2ccc2c3ncoc3c3ccccc3c21. The van der Waals surface area contributed by atoms with Gasteiger partial charge in [0.25, 0.3) is 0 Å². The summed E-state index contributed by atoms with van der Waals surface area (Å²) in [7, 11) is 0. The Morgan fingerprint density at radius 3 is 2.38 bits per heavy atom. The van der Waals surface area contributed by atoms with E-state index in [1.807, 2.05) is 6.07 Å². The number of aromatic amines is 1. The van der Waals surface area contributed by atoms with Crippen LogP contribution >= 0.6 is 0 Å². The van der Waals surface area contributed by atoms with Gasteiger partial charge in [0.1, 0.15) is 5.52 Å². The highest BCUT2D eigenvalue weighted by Crippen LogP contribution is 2.39. The maximum atomic E-state index is 5.69. The Morgan fingerprint density at radius 2 is 1.46 bits per heavy atom. The van der Waals surface area contributed by atoms with Gasteiger partial charge in [-0.1, -0.05) is 54.6 Å². The van der Waals surface area contributed by atoms with Crippen LogP contribution in [0.1, 0.15) is 0 Å². The van der Waals surface area contributed by atoms with Gasteiger partial charge in [-0.3, -0.25) is 0 Å². The number of oxazole rings is 1. The van der Waals surface area contributed by atoms with E-state index in [2.05, 4.69) is 64.6 Å². The zero-order valence-electron chi connectivity index (χ0n) is 12.7. The van der Waals surface area contributed by atoms with E-state index < -0.39 is 0 Å². The van der Waals surface area contributed by atoms with Gasteiger partial charge in [0.2, 0.25) is 0 Å². The number of hydrogen-bond acceptors (Lipinski definition) is 2. The third kappa shape index (κ3) is 1.35. The Kier molecular flexibility index (Phi) is 2.10. The number of nitrogens with one attached hydrogen (secondary N) is 1. The molecule has 4 aromatic carbocycles. The first kappa shape index (κ1) is 12.1. The highest BCUT2D eigenvalue weighted by molar-refractivity contribution is 6.31. The first-order valence-corrected chi connectivity index (χ1v) is 7.99. The molecule has 0 aliphatic heterocycles. The van der Waals surface area contributed by atoms with Crippen molar-refractivity contribution in [2.45, 2.75) is 0 Å². The second-order valence-corrected chi connectivity index (χ2v) is 6.16. The fourth-order valence-electron chi connectivity index (χ4n) is 3.92. The topological polar surface area (TPSA) is 41.8 Å². The fourth-order valence-corrected chi connectivity index (χ4v) is 3.92. The number of rotatable bonds is 0. The normalized spacial score (nSPS) is 12.2. The second-order valence-electron chi connectivity index (χ2n) is 6.16. The number of hydrogen-bond donors (Lipinski definition) is 1. The minimum atomic E-state index is 0.855. The van der Waals surface area contributed by atoms with E-state index in [1.54, 1.807) is 0 Å². The molecular formula is C21H12N2O. The molecular weight excluding hydrogens is 296 g/mol. The number of benzene rings is 4. The van der Waals surface area contributed by atoms with Gasteiger partial charge in [-0.25, -0.2) is 4.98 Å². The van der Waals surface area contributed by atoms with Gasteiger partial charge in [-0.05, 0) is 11.5 Å². The molecule has 0 atom stereocenters. The van der Waals surface area contributed by atoms with E-state index in [9.17, 15) is 0 Å². The smallest absolute Gasteiger partial charge is 0.182 e. The first-order valence-electron chi connectivity index (χ1n) is 7.99. The molecule has 0 unspecified atom stereocenters. The molecule has 112 valence electrons. The van der Waals surface area contributed by atoms with Gasteiger partial charge in [-0.2, -0.15) is 0 Å². The number of aromatic nitrogens is 2. The second kappa shape index (κ2) is 4.15. The lowest BCUT2D eigenvalue weighted by Gasteiger charge is -2.06. The van der Waals surface area contributed by atoms with Gasteiger partial charge in [0.05, 0.1) is 5.52 Å². The number of fused-ring (bicyclic) bond motifs is 10. The largest absolute Gasteiger partial charge is 0.443 e.